The first-order valence-corrected chi connectivity index (χ1v) is 8.08. The highest BCUT2D eigenvalue weighted by molar-refractivity contribution is 5.99. The van der Waals surface area contributed by atoms with E-state index in [-0.39, 0.29) is 12.5 Å². The summed E-state index contributed by atoms with van der Waals surface area (Å²) in [5.41, 5.74) is 6.70. The van der Waals surface area contributed by atoms with E-state index in [0.29, 0.717) is 11.7 Å². The van der Waals surface area contributed by atoms with Crippen LogP contribution in [0.25, 0.3) is 0 Å². The molecule has 0 radical (unpaired) electrons. The van der Waals surface area contributed by atoms with E-state index in [2.05, 4.69) is 36.5 Å². The Balaban J connectivity index is 1.86. The number of carbonyl (C=O) groups is 1. The first-order valence-electron chi connectivity index (χ1n) is 8.08. The van der Waals surface area contributed by atoms with Crippen LogP contribution in [-0.4, -0.2) is 18.2 Å². The zero-order chi connectivity index (χ0) is 17.5. The number of hydrazone groups is 1. The van der Waals surface area contributed by atoms with Gasteiger partial charge in [-0.05, 0) is 43.0 Å². The molecule has 0 heterocycles. The number of rotatable bonds is 6. The normalized spacial score (nSPS) is 11.5. The first-order chi connectivity index (χ1) is 11.5. The average Bonchev–Trinajstić information content (AvgIpc) is 2.59. The number of nitrogens with zero attached hydrogens (tertiary/aromatic N) is 1. The van der Waals surface area contributed by atoms with Crippen molar-refractivity contribution in [2.75, 3.05) is 6.61 Å². The minimum atomic E-state index is -0.284. The van der Waals surface area contributed by atoms with Gasteiger partial charge in [0.1, 0.15) is 5.75 Å². The minimum Gasteiger partial charge on any atom is -0.484 e. The van der Waals surface area contributed by atoms with Crippen molar-refractivity contribution in [2.45, 2.75) is 33.6 Å². The van der Waals surface area contributed by atoms with Crippen molar-refractivity contribution in [1.29, 1.82) is 0 Å². The Labute approximate surface area is 143 Å². The predicted molar refractivity (Wildman–Crippen MR) is 97.6 cm³/mol. The standard InChI is InChI=1S/C20H24N2O2/c1-14(2)17-7-9-18(10-8-17)16(4)21-22-20(23)13-24-19-11-5-15(3)6-12-19/h5-12,14H,13H2,1-4H3,(H,22,23). The van der Waals surface area contributed by atoms with Crippen LogP contribution in [0.4, 0.5) is 0 Å². The molecule has 4 nitrogen and oxygen atoms in total. The number of amides is 1. The van der Waals surface area contributed by atoms with E-state index in [9.17, 15) is 4.79 Å². The Kier molecular flexibility index (Phi) is 6.13. The molecule has 0 bridgehead atoms. The lowest BCUT2D eigenvalue weighted by molar-refractivity contribution is -0.123. The van der Waals surface area contributed by atoms with Crippen LogP contribution in [0.5, 0.6) is 5.75 Å². The molecule has 1 amide bonds. The molecule has 126 valence electrons. The summed E-state index contributed by atoms with van der Waals surface area (Å²) in [4.78, 5) is 11.8. The molecule has 0 atom stereocenters. The van der Waals surface area contributed by atoms with Gasteiger partial charge in [0.05, 0.1) is 5.71 Å². The van der Waals surface area contributed by atoms with Gasteiger partial charge in [-0.25, -0.2) is 5.43 Å². The van der Waals surface area contributed by atoms with Gasteiger partial charge in [-0.1, -0.05) is 55.8 Å². The lowest BCUT2D eigenvalue weighted by Gasteiger charge is -2.08. The Hall–Kier alpha value is -2.62. The van der Waals surface area contributed by atoms with Gasteiger partial charge in [0, 0.05) is 0 Å². The molecular formula is C20H24N2O2. The van der Waals surface area contributed by atoms with Crippen molar-refractivity contribution in [3.8, 4) is 5.75 Å². The monoisotopic (exact) mass is 324 g/mol. The molecule has 0 saturated heterocycles. The van der Waals surface area contributed by atoms with Crippen LogP contribution in [0, 0.1) is 6.92 Å². The quantitative estimate of drug-likeness (QED) is 0.644. The van der Waals surface area contributed by atoms with Crippen molar-refractivity contribution in [1.82, 2.24) is 5.43 Å². The zero-order valence-electron chi connectivity index (χ0n) is 14.7. The summed E-state index contributed by atoms with van der Waals surface area (Å²) < 4.78 is 5.42. The number of nitrogens with one attached hydrogen (secondary N) is 1. The summed E-state index contributed by atoms with van der Waals surface area (Å²) in [6.45, 7) is 8.12. The van der Waals surface area contributed by atoms with E-state index < -0.39 is 0 Å². The number of aryl methyl sites for hydroxylation is 1. The van der Waals surface area contributed by atoms with Crippen molar-refractivity contribution in [2.24, 2.45) is 5.10 Å². The summed E-state index contributed by atoms with van der Waals surface area (Å²) in [6.07, 6.45) is 0. The molecule has 24 heavy (non-hydrogen) atoms. The molecule has 0 aliphatic heterocycles. The second kappa shape index (κ2) is 8.29. The molecule has 0 aliphatic carbocycles. The van der Waals surface area contributed by atoms with Gasteiger partial charge in [-0.3, -0.25) is 4.79 Å². The molecule has 0 spiro atoms. The van der Waals surface area contributed by atoms with Crippen molar-refractivity contribution in [3.05, 3.63) is 65.2 Å². The third-order valence-electron chi connectivity index (χ3n) is 3.73. The topological polar surface area (TPSA) is 50.7 Å². The van der Waals surface area contributed by atoms with Crippen LogP contribution in [0.2, 0.25) is 0 Å². The molecule has 0 saturated carbocycles. The van der Waals surface area contributed by atoms with Gasteiger partial charge in [-0.15, -0.1) is 0 Å². The Morgan fingerprint density at radius 3 is 2.29 bits per heavy atom. The van der Waals surface area contributed by atoms with Gasteiger partial charge in [0.25, 0.3) is 5.91 Å². The lowest BCUT2D eigenvalue weighted by atomic mass is 10.0. The van der Waals surface area contributed by atoms with Crippen LogP contribution >= 0.6 is 0 Å². The molecular weight excluding hydrogens is 300 g/mol. The van der Waals surface area contributed by atoms with Crippen molar-refractivity contribution >= 4 is 11.6 Å². The molecule has 2 aromatic carbocycles. The number of hydrogen-bond donors (Lipinski definition) is 1. The lowest BCUT2D eigenvalue weighted by Crippen LogP contribution is -2.25. The number of ether oxygens (including phenoxy) is 1. The Bertz CT molecular complexity index is 701. The third-order valence-corrected chi connectivity index (χ3v) is 3.73. The number of carbonyl (C=O) groups excluding carboxylic acids is 1. The maximum atomic E-state index is 11.8. The van der Waals surface area contributed by atoms with Crippen LogP contribution in [0.1, 0.15) is 43.4 Å². The van der Waals surface area contributed by atoms with Gasteiger partial charge < -0.3 is 4.74 Å². The van der Waals surface area contributed by atoms with Crippen LogP contribution in [0.15, 0.2) is 53.6 Å². The van der Waals surface area contributed by atoms with Crippen LogP contribution in [-0.2, 0) is 4.79 Å². The summed E-state index contributed by atoms with van der Waals surface area (Å²) in [5.74, 6) is 0.879. The van der Waals surface area contributed by atoms with E-state index in [1.54, 1.807) is 0 Å². The highest BCUT2D eigenvalue weighted by atomic mass is 16.5. The molecule has 0 aromatic heterocycles. The largest absolute Gasteiger partial charge is 0.484 e. The van der Waals surface area contributed by atoms with E-state index >= 15 is 0 Å². The maximum Gasteiger partial charge on any atom is 0.277 e. The molecule has 4 heteroatoms. The zero-order valence-corrected chi connectivity index (χ0v) is 14.7. The smallest absolute Gasteiger partial charge is 0.277 e. The van der Waals surface area contributed by atoms with Gasteiger partial charge in [0.15, 0.2) is 6.61 Å². The average molecular weight is 324 g/mol. The van der Waals surface area contributed by atoms with E-state index in [0.717, 1.165) is 16.8 Å². The third kappa shape index (κ3) is 5.23. The number of benzene rings is 2. The molecule has 2 rings (SSSR count). The summed E-state index contributed by atoms with van der Waals surface area (Å²) in [7, 11) is 0. The molecule has 0 unspecified atom stereocenters. The second-order valence-corrected chi connectivity index (χ2v) is 6.11. The van der Waals surface area contributed by atoms with Gasteiger partial charge >= 0.3 is 0 Å². The van der Waals surface area contributed by atoms with Gasteiger partial charge in [0.2, 0.25) is 0 Å². The Morgan fingerprint density at radius 2 is 1.71 bits per heavy atom. The van der Waals surface area contributed by atoms with Crippen LogP contribution < -0.4 is 10.2 Å². The summed E-state index contributed by atoms with van der Waals surface area (Å²) >= 11 is 0. The first kappa shape index (κ1) is 17.7. The fraction of sp³-hybridized carbons (Fsp3) is 0.300. The maximum absolute atomic E-state index is 11.8. The Morgan fingerprint density at radius 1 is 1.08 bits per heavy atom. The van der Waals surface area contributed by atoms with E-state index in [1.807, 2.05) is 50.2 Å². The predicted octanol–water partition coefficient (Wildman–Crippen LogP) is 4.04. The van der Waals surface area contributed by atoms with Gasteiger partial charge in [-0.2, -0.15) is 5.10 Å². The fourth-order valence-corrected chi connectivity index (χ4v) is 2.14. The van der Waals surface area contributed by atoms with E-state index in [4.69, 9.17) is 4.74 Å². The summed E-state index contributed by atoms with van der Waals surface area (Å²) in [6, 6.07) is 15.8. The highest BCUT2D eigenvalue weighted by Crippen LogP contribution is 2.15. The van der Waals surface area contributed by atoms with Crippen LogP contribution in [0.3, 0.4) is 0 Å². The summed E-state index contributed by atoms with van der Waals surface area (Å²) in [5, 5.41) is 4.13. The molecule has 2 aromatic rings. The highest BCUT2D eigenvalue weighted by Gasteiger charge is 2.04. The fourth-order valence-electron chi connectivity index (χ4n) is 2.14. The SMILES string of the molecule is CC(=NNC(=O)COc1ccc(C)cc1)c1ccc(C(C)C)cc1. The molecule has 1 N–H and O–H groups in total. The van der Waals surface area contributed by atoms with Crippen molar-refractivity contribution in [3.63, 3.8) is 0 Å². The molecule has 0 fully saturated rings. The minimum absolute atomic E-state index is 0.0634. The number of hydrogen-bond acceptors (Lipinski definition) is 3. The second-order valence-electron chi connectivity index (χ2n) is 6.11. The van der Waals surface area contributed by atoms with E-state index in [1.165, 1.54) is 5.56 Å². The van der Waals surface area contributed by atoms with Crippen molar-refractivity contribution < 1.29 is 9.53 Å². The molecule has 0 aliphatic rings.